The number of nitrogens with one attached hydrogen (secondary N) is 1. The summed E-state index contributed by atoms with van der Waals surface area (Å²) in [5.41, 5.74) is 6.24. The molecule has 0 spiro atoms. The zero-order valence-electron chi connectivity index (χ0n) is 11.2. The third-order valence-electron chi connectivity index (χ3n) is 2.52. The molecule has 6 heteroatoms. The van der Waals surface area contributed by atoms with Crippen molar-refractivity contribution in [2.45, 2.75) is 26.7 Å². The van der Waals surface area contributed by atoms with E-state index in [9.17, 15) is 4.79 Å². The number of carbonyl (C=O) groups is 1. The second-order valence-corrected chi connectivity index (χ2v) is 4.13. The van der Waals surface area contributed by atoms with Crippen LogP contribution in [0.1, 0.15) is 25.8 Å². The Morgan fingerprint density at radius 1 is 1.44 bits per heavy atom. The van der Waals surface area contributed by atoms with Crippen LogP contribution in [0.15, 0.2) is 6.33 Å². The molecule has 1 rings (SSSR count). The van der Waals surface area contributed by atoms with Crippen LogP contribution in [-0.4, -0.2) is 36.0 Å². The number of nitrogens with two attached hydrogens (primary N) is 1. The highest BCUT2D eigenvalue weighted by atomic mass is 16.1. The first-order valence-corrected chi connectivity index (χ1v) is 6.17. The van der Waals surface area contributed by atoms with Gasteiger partial charge in [0.05, 0.1) is 6.54 Å². The number of aromatic nitrogens is 2. The van der Waals surface area contributed by atoms with Gasteiger partial charge in [-0.2, -0.15) is 0 Å². The summed E-state index contributed by atoms with van der Waals surface area (Å²) < 4.78 is 0. The first kappa shape index (κ1) is 14.2. The number of rotatable bonds is 7. The number of likely N-dealkylation sites (N-methyl/N-ethyl adjacent to an activating group) is 1. The maximum absolute atomic E-state index is 11.0. The fourth-order valence-corrected chi connectivity index (χ4v) is 1.84. The summed E-state index contributed by atoms with van der Waals surface area (Å²) in [7, 11) is 1.81. The lowest BCUT2D eigenvalue weighted by Crippen LogP contribution is -2.32. The Bertz CT molecular complexity index is 407. The summed E-state index contributed by atoms with van der Waals surface area (Å²) in [5.74, 6) is 1.23. The van der Waals surface area contributed by atoms with Gasteiger partial charge in [-0.25, -0.2) is 9.97 Å². The molecule has 1 heterocycles. The number of nitrogens with zero attached hydrogens (tertiary/aromatic N) is 3. The molecule has 6 nitrogen and oxygen atoms in total. The lowest BCUT2D eigenvalue weighted by atomic mass is 10.1. The molecule has 1 amide bonds. The molecule has 18 heavy (non-hydrogen) atoms. The van der Waals surface area contributed by atoms with Crippen LogP contribution in [0, 0.1) is 0 Å². The van der Waals surface area contributed by atoms with Crippen molar-refractivity contribution in [3.8, 4) is 0 Å². The van der Waals surface area contributed by atoms with Crippen molar-refractivity contribution in [3.63, 3.8) is 0 Å². The van der Waals surface area contributed by atoms with Gasteiger partial charge in [-0.3, -0.25) is 4.79 Å². The number of hydrogen-bond donors (Lipinski definition) is 2. The molecular formula is C12H21N5O. The highest BCUT2D eigenvalue weighted by molar-refractivity contribution is 5.79. The normalized spacial score (nSPS) is 10.2. The Balaban J connectivity index is 3.08. The maximum Gasteiger partial charge on any atom is 0.236 e. The molecule has 100 valence electrons. The van der Waals surface area contributed by atoms with Gasteiger partial charge in [0.2, 0.25) is 5.91 Å². The number of primary amides is 1. The molecule has 3 N–H and O–H groups in total. The van der Waals surface area contributed by atoms with Gasteiger partial charge in [0.1, 0.15) is 18.0 Å². The minimum absolute atomic E-state index is 0.152. The molecular weight excluding hydrogens is 230 g/mol. The van der Waals surface area contributed by atoms with Crippen molar-refractivity contribution in [2.24, 2.45) is 5.73 Å². The maximum atomic E-state index is 11.0. The molecule has 1 aromatic rings. The van der Waals surface area contributed by atoms with Crippen LogP contribution in [0.2, 0.25) is 0 Å². The predicted octanol–water partition coefficient (Wildman–Crippen LogP) is 0.782. The molecule has 0 unspecified atom stereocenters. The van der Waals surface area contributed by atoms with E-state index in [1.165, 1.54) is 6.33 Å². The van der Waals surface area contributed by atoms with E-state index < -0.39 is 0 Å². The Hall–Kier alpha value is -1.85. The van der Waals surface area contributed by atoms with Crippen LogP contribution in [-0.2, 0) is 11.2 Å². The monoisotopic (exact) mass is 251 g/mol. The Morgan fingerprint density at radius 3 is 2.72 bits per heavy atom. The fourth-order valence-electron chi connectivity index (χ4n) is 1.84. The van der Waals surface area contributed by atoms with Gasteiger partial charge in [0.25, 0.3) is 0 Å². The van der Waals surface area contributed by atoms with Gasteiger partial charge in [-0.05, 0) is 13.3 Å². The molecule has 0 fully saturated rings. The van der Waals surface area contributed by atoms with Crippen LogP contribution in [0.25, 0.3) is 0 Å². The zero-order chi connectivity index (χ0) is 13.5. The van der Waals surface area contributed by atoms with E-state index in [2.05, 4.69) is 22.2 Å². The van der Waals surface area contributed by atoms with Crippen molar-refractivity contribution in [1.29, 1.82) is 0 Å². The second-order valence-electron chi connectivity index (χ2n) is 4.13. The Labute approximate surface area is 108 Å². The summed E-state index contributed by atoms with van der Waals surface area (Å²) in [6, 6.07) is 0. The molecule has 0 saturated carbocycles. The molecule has 1 aromatic heterocycles. The number of amides is 1. The van der Waals surface area contributed by atoms with E-state index in [1.807, 2.05) is 14.0 Å². The lowest BCUT2D eigenvalue weighted by Gasteiger charge is -2.21. The molecule has 0 radical (unpaired) electrons. The predicted molar refractivity (Wildman–Crippen MR) is 72.7 cm³/mol. The van der Waals surface area contributed by atoms with E-state index in [-0.39, 0.29) is 12.5 Å². The van der Waals surface area contributed by atoms with Crippen molar-refractivity contribution < 1.29 is 4.79 Å². The van der Waals surface area contributed by atoms with Crippen LogP contribution < -0.4 is 16.0 Å². The number of carbonyl (C=O) groups excluding carboxylic acids is 1. The lowest BCUT2D eigenvalue weighted by molar-refractivity contribution is -0.116. The summed E-state index contributed by atoms with van der Waals surface area (Å²) in [6.45, 7) is 5.07. The van der Waals surface area contributed by atoms with Crippen molar-refractivity contribution >= 4 is 17.5 Å². The minimum atomic E-state index is -0.372. The molecule has 0 saturated heterocycles. The average molecular weight is 251 g/mol. The molecule has 0 atom stereocenters. The molecule has 0 aliphatic rings. The summed E-state index contributed by atoms with van der Waals surface area (Å²) in [4.78, 5) is 21.2. The van der Waals surface area contributed by atoms with Crippen molar-refractivity contribution in [1.82, 2.24) is 9.97 Å². The van der Waals surface area contributed by atoms with Gasteiger partial charge in [0, 0.05) is 19.2 Å². The standard InChI is InChI=1S/C12H21N5O/c1-4-6-9-11(14-5-2)15-8-16-12(9)17(3)7-10(13)18/h8H,4-7H2,1-3H3,(H2,13,18)(H,14,15,16). The van der Waals surface area contributed by atoms with Crippen LogP contribution in [0.4, 0.5) is 11.6 Å². The van der Waals surface area contributed by atoms with E-state index in [0.717, 1.165) is 36.6 Å². The van der Waals surface area contributed by atoms with Gasteiger partial charge >= 0.3 is 0 Å². The third kappa shape index (κ3) is 3.58. The van der Waals surface area contributed by atoms with Crippen molar-refractivity contribution in [2.75, 3.05) is 30.4 Å². The van der Waals surface area contributed by atoms with Crippen LogP contribution in [0.3, 0.4) is 0 Å². The van der Waals surface area contributed by atoms with Gasteiger partial charge in [0.15, 0.2) is 0 Å². The highest BCUT2D eigenvalue weighted by Gasteiger charge is 2.14. The zero-order valence-corrected chi connectivity index (χ0v) is 11.2. The number of hydrogen-bond acceptors (Lipinski definition) is 5. The van der Waals surface area contributed by atoms with E-state index in [4.69, 9.17) is 5.73 Å². The molecule has 0 aliphatic carbocycles. The van der Waals surface area contributed by atoms with Crippen molar-refractivity contribution in [3.05, 3.63) is 11.9 Å². The molecule has 0 bridgehead atoms. The minimum Gasteiger partial charge on any atom is -0.370 e. The largest absolute Gasteiger partial charge is 0.370 e. The third-order valence-corrected chi connectivity index (χ3v) is 2.52. The second kappa shape index (κ2) is 6.78. The SMILES string of the molecule is CCCc1c(NCC)ncnc1N(C)CC(N)=O. The average Bonchev–Trinajstić information content (AvgIpc) is 2.31. The Morgan fingerprint density at radius 2 is 2.17 bits per heavy atom. The first-order valence-electron chi connectivity index (χ1n) is 6.17. The number of anilines is 2. The quantitative estimate of drug-likeness (QED) is 0.748. The first-order chi connectivity index (χ1) is 8.60. The summed E-state index contributed by atoms with van der Waals surface area (Å²) >= 11 is 0. The van der Waals surface area contributed by atoms with Crippen LogP contribution in [0.5, 0.6) is 0 Å². The van der Waals surface area contributed by atoms with Gasteiger partial charge in [-0.1, -0.05) is 13.3 Å². The highest BCUT2D eigenvalue weighted by Crippen LogP contribution is 2.23. The molecule has 0 aliphatic heterocycles. The molecule has 0 aromatic carbocycles. The smallest absolute Gasteiger partial charge is 0.236 e. The summed E-state index contributed by atoms with van der Waals surface area (Å²) in [5, 5.41) is 3.22. The topological polar surface area (TPSA) is 84.1 Å². The fraction of sp³-hybridized carbons (Fsp3) is 0.583. The van der Waals surface area contributed by atoms with E-state index >= 15 is 0 Å². The van der Waals surface area contributed by atoms with Gasteiger partial charge < -0.3 is 16.0 Å². The van der Waals surface area contributed by atoms with Crippen LogP contribution >= 0.6 is 0 Å². The van der Waals surface area contributed by atoms with E-state index in [0.29, 0.717) is 0 Å². The van der Waals surface area contributed by atoms with Gasteiger partial charge in [-0.15, -0.1) is 0 Å². The Kier molecular flexibility index (Phi) is 5.35. The van der Waals surface area contributed by atoms with E-state index in [1.54, 1.807) is 4.90 Å². The summed E-state index contributed by atoms with van der Waals surface area (Å²) in [6.07, 6.45) is 3.36.